The van der Waals surface area contributed by atoms with Crippen LogP contribution in [-0.4, -0.2) is 53.1 Å². The Morgan fingerprint density at radius 2 is 1.71 bits per heavy atom. The van der Waals surface area contributed by atoms with Crippen molar-refractivity contribution in [3.8, 4) is 0 Å². The van der Waals surface area contributed by atoms with Crippen LogP contribution >= 0.6 is 0 Å². The van der Waals surface area contributed by atoms with Gasteiger partial charge in [-0.2, -0.15) is 0 Å². The lowest BCUT2D eigenvalue weighted by Crippen LogP contribution is -2.52. The highest BCUT2D eigenvalue weighted by molar-refractivity contribution is 5.88. The summed E-state index contributed by atoms with van der Waals surface area (Å²) >= 11 is 0. The minimum Gasteiger partial charge on any atom is -0.396 e. The molecular formula is C22H28FN3O2. The fourth-order valence-electron chi connectivity index (χ4n) is 3.71. The Bertz CT molecular complexity index is 764. The van der Waals surface area contributed by atoms with Crippen molar-refractivity contribution in [2.24, 2.45) is 0 Å². The van der Waals surface area contributed by atoms with Crippen LogP contribution in [0.1, 0.15) is 24.5 Å². The number of carbonyl (C=O) groups is 1. The van der Waals surface area contributed by atoms with E-state index in [9.17, 15) is 14.3 Å². The second-order valence-electron chi connectivity index (χ2n) is 7.38. The summed E-state index contributed by atoms with van der Waals surface area (Å²) in [5, 5.41) is 12.3. The molecule has 1 heterocycles. The third-order valence-corrected chi connectivity index (χ3v) is 5.13. The van der Waals surface area contributed by atoms with Gasteiger partial charge in [0, 0.05) is 58.0 Å². The quantitative estimate of drug-likeness (QED) is 0.770. The van der Waals surface area contributed by atoms with Gasteiger partial charge in [0.1, 0.15) is 5.82 Å². The van der Waals surface area contributed by atoms with Crippen molar-refractivity contribution < 1.29 is 14.3 Å². The Labute approximate surface area is 165 Å². The van der Waals surface area contributed by atoms with E-state index < -0.39 is 0 Å². The summed E-state index contributed by atoms with van der Waals surface area (Å²) in [6.45, 7) is 6.00. The van der Waals surface area contributed by atoms with E-state index in [2.05, 4.69) is 15.1 Å². The summed E-state index contributed by atoms with van der Waals surface area (Å²) in [7, 11) is 0. The monoisotopic (exact) mass is 385 g/mol. The molecule has 0 spiro atoms. The highest BCUT2D eigenvalue weighted by atomic mass is 19.1. The molecular weight excluding hydrogens is 357 g/mol. The van der Waals surface area contributed by atoms with Gasteiger partial charge >= 0.3 is 0 Å². The molecule has 2 N–H and O–H groups in total. The second-order valence-corrected chi connectivity index (χ2v) is 7.38. The predicted molar refractivity (Wildman–Crippen MR) is 108 cm³/mol. The van der Waals surface area contributed by atoms with Crippen LogP contribution in [0.5, 0.6) is 0 Å². The molecule has 1 atom stereocenters. The highest BCUT2D eigenvalue weighted by Crippen LogP contribution is 2.19. The molecule has 3 rings (SSSR count). The highest BCUT2D eigenvalue weighted by Gasteiger charge is 2.26. The molecule has 6 heteroatoms. The number of benzene rings is 2. The average Bonchev–Trinajstić information content (AvgIpc) is 2.67. The largest absolute Gasteiger partial charge is 0.396 e. The van der Waals surface area contributed by atoms with Gasteiger partial charge in [0.05, 0.1) is 0 Å². The maximum Gasteiger partial charge on any atom is 0.221 e. The van der Waals surface area contributed by atoms with Gasteiger partial charge in [0.15, 0.2) is 0 Å². The van der Waals surface area contributed by atoms with Crippen LogP contribution in [0.3, 0.4) is 0 Å². The summed E-state index contributed by atoms with van der Waals surface area (Å²) < 4.78 is 13.1. The summed E-state index contributed by atoms with van der Waals surface area (Å²) in [6.07, 6.45) is 0.721. The van der Waals surface area contributed by atoms with Crippen LogP contribution < -0.4 is 5.32 Å². The van der Waals surface area contributed by atoms with E-state index in [4.69, 9.17) is 0 Å². The van der Waals surface area contributed by atoms with Crippen molar-refractivity contribution in [1.82, 2.24) is 9.80 Å². The van der Waals surface area contributed by atoms with E-state index in [1.807, 2.05) is 36.4 Å². The molecule has 1 aliphatic rings. The first-order valence-electron chi connectivity index (χ1n) is 9.72. The van der Waals surface area contributed by atoms with Gasteiger partial charge in [0.2, 0.25) is 5.91 Å². The molecule has 28 heavy (non-hydrogen) atoms. The predicted octanol–water partition coefficient (Wildman–Crippen LogP) is 2.85. The molecule has 0 bridgehead atoms. The first kappa shape index (κ1) is 20.5. The van der Waals surface area contributed by atoms with Gasteiger partial charge in [0.25, 0.3) is 0 Å². The summed E-state index contributed by atoms with van der Waals surface area (Å²) in [4.78, 5) is 15.9. The number of rotatable bonds is 7. The molecule has 1 amide bonds. The van der Waals surface area contributed by atoms with Gasteiger partial charge < -0.3 is 10.4 Å². The summed E-state index contributed by atoms with van der Waals surface area (Å²) in [5.74, 6) is -0.290. The molecule has 1 fully saturated rings. The average molecular weight is 385 g/mol. The van der Waals surface area contributed by atoms with E-state index in [0.717, 1.165) is 50.4 Å². The summed E-state index contributed by atoms with van der Waals surface area (Å²) in [6, 6.07) is 14.8. The van der Waals surface area contributed by atoms with Gasteiger partial charge in [-0.05, 0) is 41.8 Å². The Morgan fingerprint density at radius 1 is 1.07 bits per heavy atom. The second kappa shape index (κ2) is 9.78. The fourth-order valence-corrected chi connectivity index (χ4v) is 3.71. The lowest BCUT2D eigenvalue weighted by Gasteiger charge is -2.41. The number of amides is 1. The third-order valence-electron chi connectivity index (χ3n) is 5.13. The van der Waals surface area contributed by atoms with E-state index in [0.29, 0.717) is 0 Å². The maximum absolute atomic E-state index is 13.1. The number of nitrogens with one attached hydrogen (secondary N) is 1. The molecule has 0 aromatic heterocycles. The Balaban J connectivity index is 1.58. The SMILES string of the molecule is CC(=O)Nc1ccc(CN2CCN(Cc3ccc(F)cc3)[C@H](CCO)C2)cc1. The van der Waals surface area contributed by atoms with Crippen molar-refractivity contribution in [2.45, 2.75) is 32.5 Å². The zero-order valence-corrected chi connectivity index (χ0v) is 16.3. The van der Waals surface area contributed by atoms with Gasteiger partial charge in [-0.15, -0.1) is 0 Å². The fraction of sp³-hybridized carbons (Fsp3) is 0.409. The van der Waals surface area contributed by atoms with Gasteiger partial charge in [-0.1, -0.05) is 24.3 Å². The van der Waals surface area contributed by atoms with Crippen molar-refractivity contribution in [1.29, 1.82) is 0 Å². The minimum absolute atomic E-state index is 0.0723. The van der Waals surface area contributed by atoms with Crippen LogP contribution in [0.2, 0.25) is 0 Å². The van der Waals surface area contributed by atoms with Crippen molar-refractivity contribution in [2.75, 3.05) is 31.6 Å². The number of halogens is 1. The van der Waals surface area contributed by atoms with Gasteiger partial charge in [-0.3, -0.25) is 14.6 Å². The number of carbonyl (C=O) groups excluding carboxylic acids is 1. The topological polar surface area (TPSA) is 55.8 Å². The zero-order chi connectivity index (χ0) is 19.9. The van der Waals surface area contributed by atoms with Gasteiger partial charge in [-0.25, -0.2) is 4.39 Å². The Kier molecular flexibility index (Phi) is 7.14. The van der Waals surface area contributed by atoms with E-state index in [1.54, 1.807) is 0 Å². The van der Waals surface area contributed by atoms with Crippen LogP contribution in [0.15, 0.2) is 48.5 Å². The van der Waals surface area contributed by atoms with Crippen LogP contribution in [0.4, 0.5) is 10.1 Å². The normalized spacial score (nSPS) is 18.2. The number of hydrogen-bond donors (Lipinski definition) is 2. The van der Waals surface area contributed by atoms with Crippen molar-refractivity contribution in [3.63, 3.8) is 0 Å². The maximum atomic E-state index is 13.1. The molecule has 2 aromatic carbocycles. The molecule has 0 saturated carbocycles. The molecule has 0 unspecified atom stereocenters. The lowest BCUT2D eigenvalue weighted by molar-refractivity contribution is -0.114. The molecule has 1 saturated heterocycles. The van der Waals surface area contributed by atoms with Crippen molar-refractivity contribution >= 4 is 11.6 Å². The molecule has 1 aliphatic heterocycles. The van der Waals surface area contributed by atoms with Crippen LogP contribution in [0, 0.1) is 5.82 Å². The molecule has 0 aliphatic carbocycles. The van der Waals surface area contributed by atoms with E-state index >= 15 is 0 Å². The first-order chi connectivity index (χ1) is 13.5. The van der Waals surface area contributed by atoms with E-state index in [-0.39, 0.29) is 24.4 Å². The number of aliphatic hydroxyl groups excluding tert-OH is 1. The number of hydrogen-bond acceptors (Lipinski definition) is 4. The smallest absolute Gasteiger partial charge is 0.221 e. The number of anilines is 1. The van der Waals surface area contributed by atoms with Crippen molar-refractivity contribution in [3.05, 3.63) is 65.5 Å². The number of aliphatic hydroxyl groups is 1. The third kappa shape index (κ3) is 5.86. The minimum atomic E-state index is -0.218. The number of piperazine rings is 1. The van der Waals surface area contributed by atoms with E-state index in [1.165, 1.54) is 24.6 Å². The molecule has 150 valence electrons. The lowest BCUT2D eigenvalue weighted by atomic mass is 10.1. The molecule has 0 radical (unpaired) electrons. The first-order valence-corrected chi connectivity index (χ1v) is 9.72. The Hall–Kier alpha value is -2.28. The molecule has 5 nitrogen and oxygen atoms in total. The van der Waals surface area contributed by atoms with Crippen LogP contribution in [0.25, 0.3) is 0 Å². The zero-order valence-electron chi connectivity index (χ0n) is 16.3. The standard InChI is InChI=1S/C22H28FN3O2/c1-17(28)24-21-8-4-18(5-9-21)14-25-11-12-26(22(16-25)10-13-27)15-19-2-6-20(23)7-3-19/h2-9,22,27H,10-16H2,1H3,(H,24,28)/t22-/m1/s1. The Morgan fingerprint density at radius 3 is 2.36 bits per heavy atom. The molecule has 2 aromatic rings. The van der Waals surface area contributed by atoms with Crippen LogP contribution in [-0.2, 0) is 17.9 Å². The number of nitrogens with zero attached hydrogens (tertiary/aromatic N) is 2. The summed E-state index contributed by atoms with van der Waals surface area (Å²) in [5.41, 5.74) is 3.09.